The standard InChI is InChI=1S/C11H18BrN3/c1-3-5-11(6-4-7-13-11)10-9(12)8-14-15(10)2/h8,13H,3-7H2,1-2H3. The maximum absolute atomic E-state index is 4.32. The van der Waals surface area contributed by atoms with E-state index in [1.807, 2.05) is 17.9 Å². The minimum Gasteiger partial charge on any atom is -0.306 e. The van der Waals surface area contributed by atoms with E-state index in [9.17, 15) is 0 Å². The van der Waals surface area contributed by atoms with Crippen LogP contribution in [0.25, 0.3) is 0 Å². The predicted molar refractivity (Wildman–Crippen MR) is 64.7 cm³/mol. The molecule has 84 valence electrons. The van der Waals surface area contributed by atoms with Gasteiger partial charge in [0.25, 0.3) is 0 Å². The molecule has 0 aromatic carbocycles. The van der Waals surface area contributed by atoms with E-state index in [0.717, 1.165) is 11.0 Å². The first-order valence-corrected chi connectivity index (χ1v) is 6.42. The Morgan fingerprint density at radius 2 is 2.47 bits per heavy atom. The average molecular weight is 272 g/mol. The minimum absolute atomic E-state index is 0.152. The van der Waals surface area contributed by atoms with Crippen molar-refractivity contribution >= 4 is 15.9 Å². The van der Waals surface area contributed by atoms with Crippen LogP contribution in [0.2, 0.25) is 0 Å². The van der Waals surface area contributed by atoms with Crippen LogP contribution in [0.4, 0.5) is 0 Å². The number of aromatic nitrogens is 2. The van der Waals surface area contributed by atoms with Gasteiger partial charge in [-0.25, -0.2) is 0 Å². The summed E-state index contributed by atoms with van der Waals surface area (Å²) in [5, 5.41) is 7.98. The van der Waals surface area contributed by atoms with Crippen LogP contribution in [-0.4, -0.2) is 16.3 Å². The third-order valence-corrected chi connectivity index (χ3v) is 3.85. The minimum atomic E-state index is 0.152. The van der Waals surface area contributed by atoms with Crippen LogP contribution in [0.3, 0.4) is 0 Å². The molecular weight excluding hydrogens is 254 g/mol. The molecule has 0 bridgehead atoms. The lowest BCUT2D eigenvalue weighted by atomic mass is 9.88. The highest BCUT2D eigenvalue weighted by Crippen LogP contribution is 2.38. The molecule has 2 rings (SSSR count). The Hall–Kier alpha value is -0.350. The molecule has 1 aromatic heterocycles. The number of hydrogen-bond acceptors (Lipinski definition) is 2. The summed E-state index contributed by atoms with van der Waals surface area (Å²) in [6, 6.07) is 0. The number of hydrogen-bond donors (Lipinski definition) is 1. The third kappa shape index (κ3) is 1.85. The predicted octanol–water partition coefficient (Wildman–Crippen LogP) is 2.56. The molecule has 1 aliphatic heterocycles. The molecule has 1 aliphatic rings. The van der Waals surface area contributed by atoms with Gasteiger partial charge < -0.3 is 5.32 Å². The van der Waals surface area contributed by atoms with E-state index in [-0.39, 0.29) is 5.54 Å². The van der Waals surface area contributed by atoms with Gasteiger partial charge >= 0.3 is 0 Å². The monoisotopic (exact) mass is 271 g/mol. The normalized spacial score (nSPS) is 26.1. The van der Waals surface area contributed by atoms with Gasteiger partial charge in [-0.05, 0) is 41.7 Å². The Morgan fingerprint density at radius 1 is 1.67 bits per heavy atom. The number of rotatable bonds is 3. The maximum Gasteiger partial charge on any atom is 0.0723 e. The first kappa shape index (κ1) is 11.1. The second-order valence-electron chi connectivity index (χ2n) is 4.33. The largest absolute Gasteiger partial charge is 0.306 e. The van der Waals surface area contributed by atoms with Crippen LogP contribution in [0.15, 0.2) is 10.7 Å². The second-order valence-corrected chi connectivity index (χ2v) is 5.18. The van der Waals surface area contributed by atoms with Gasteiger partial charge in [0.05, 0.1) is 21.9 Å². The average Bonchev–Trinajstić information content (AvgIpc) is 2.76. The molecule has 15 heavy (non-hydrogen) atoms. The quantitative estimate of drug-likeness (QED) is 0.916. The Bertz CT molecular complexity index is 320. The van der Waals surface area contributed by atoms with Crippen LogP contribution in [0.1, 0.15) is 38.3 Å². The zero-order chi connectivity index (χ0) is 10.9. The SMILES string of the molecule is CCCC1(c2c(Br)cnn2C)CCCN1. The Balaban J connectivity index is 2.40. The van der Waals surface area contributed by atoms with Crippen molar-refractivity contribution < 1.29 is 0 Å². The fourth-order valence-corrected chi connectivity index (χ4v) is 3.44. The highest BCUT2D eigenvalue weighted by molar-refractivity contribution is 9.10. The van der Waals surface area contributed by atoms with Crippen LogP contribution >= 0.6 is 15.9 Å². The van der Waals surface area contributed by atoms with Gasteiger partial charge in [0.2, 0.25) is 0 Å². The van der Waals surface area contributed by atoms with Crippen LogP contribution < -0.4 is 5.32 Å². The van der Waals surface area contributed by atoms with Gasteiger partial charge in [0.15, 0.2) is 0 Å². The maximum atomic E-state index is 4.32. The third-order valence-electron chi connectivity index (χ3n) is 3.27. The van der Waals surface area contributed by atoms with E-state index >= 15 is 0 Å². The Morgan fingerprint density at radius 3 is 2.93 bits per heavy atom. The second kappa shape index (κ2) is 4.26. The van der Waals surface area contributed by atoms with Gasteiger partial charge in [0, 0.05) is 7.05 Å². The van der Waals surface area contributed by atoms with Gasteiger partial charge in [-0.2, -0.15) is 5.10 Å². The van der Waals surface area contributed by atoms with Crippen molar-refractivity contribution in [2.45, 2.75) is 38.1 Å². The number of aryl methyl sites for hydroxylation is 1. The Kier molecular flexibility index (Phi) is 3.16. The zero-order valence-corrected chi connectivity index (χ0v) is 11.0. The molecule has 1 fully saturated rings. The fraction of sp³-hybridized carbons (Fsp3) is 0.727. The molecule has 1 atom stereocenters. The molecule has 0 radical (unpaired) electrons. The molecule has 0 spiro atoms. The fourth-order valence-electron chi connectivity index (χ4n) is 2.72. The molecule has 1 aromatic rings. The summed E-state index contributed by atoms with van der Waals surface area (Å²) >= 11 is 3.61. The molecule has 0 aliphatic carbocycles. The number of nitrogens with zero attached hydrogens (tertiary/aromatic N) is 2. The molecule has 2 heterocycles. The zero-order valence-electron chi connectivity index (χ0n) is 9.39. The molecule has 3 nitrogen and oxygen atoms in total. The summed E-state index contributed by atoms with van der Waals surface area (Å²) in [5.74, 6) is 0. The summed E-state index contributed by atoms with van der Waals surface area (Å²) in [4.78, 5) is 0. The van der Waals surface area contributed by atoms with Crippen molar-refractivity contribution in [3.63, 3.8) is 0 Å². The first-order valence-electron chi connectivity index (χ1n) is 5.62. The lowest BCUT2D eigenvalue weighted by molar-refractivity contribution is 0.330. The van der Waals surface area contributed by atoms with Crippen molar-refractivity contribution in [1.82, 2.24) is 15.1 Å². The van der Waals surface area contributed by atoms with Crippen molar-refractivity contribution in [2.24, 2.45) is 7.05 Å². The van der Waals surface area contributed by atoms with Crippen LogP contribution in [0, 0.1) is 0 Å². The summed E-state index contributed by atoms with van der Waals surface area (Å²) < 4.78 is 3.13. The highest BCUT2D eigenvalue weighted by atomic mass is 79.9. The van der Waals surface area contributed by atoms with Crippen molar-refractivity contribution in [2.75, 3.05) is 6.54 Å². The molecular formula is C11H18BrN3. The molecule has 1 unspecified atom stereocenters. The van der Waals surface area contributed by atoms with E-state index in [1.54, 1.807) is 0 Å². The lowest BCUT2D eigenvalue weighted by Gasteiger charge is -2.30. The number of nitrogens with one attached hydrogen (secondary N) is 1. The Labute approximate surface area is 99.4 Å². The topological polar surface area (TPSA) is 29.9 Å². The molecule has 1 saturated heterocycles. The van der Waals surface area contributed by atoms with E-state index < -0.39 is 0 Å². The molecule has 1 N–H and O–H groups in total. The van der Waals surface area contributed by atoms with Crippen molar-refractivity contribution in [3.8, 4) is 0 Å². The van der Waals surface area contributed by atoms with E-state index in [0.29, 0.717) is 0 Å². The summed E-state index contributed by atoms with van der Waals surface area (Å²) in [6.45, 7) is 3.36. The summed E-state index contributed by atoms with van der Waals surface area (Å²) in [6.07, 6.45) is 6.76. The first-order chi connectivity index (χ1) is 7.19. The molecule has 4 heteroatoms. The van der Waals surface area contributed by atoms with Gasteiger partial charge in [-0.3, -0.25) is 4.68 Å². The van der Waals surface area contributed by atoms with Crippen molar-refractivity contribution in [3.05, 3.63) is 16.4 Å². The smallest absolute Gasteiger partial charge is 0.0723 e. The van der Waals surface area contributed by atoms with Crippen LogP contribution in [-0.2, 0) is 12.6 Å². The molecule has 0 saturated carbocycles. The van der Waals surface area contributed by atoms with Gasteiger partial charge in [-0.15, -0.1) is 0 Å². The van der Waals surface area contributed by atoms with E-state index in [1.165, 1.54) is 31.4 Å². The van der Waals surface area contributed by atoms with E-state index in [2.05, 4.69) is 33.3 Å². The lowest BCUT2D eigenvalue weighted by Crippen LogP contribution is -2.38. The highest BCUT2D eigenvalue weighted by Gasteiger charge is 2.38. The summed E-state index contributed by atoms with van der Waals surface area (Å²) in [7, 11) is 2.03. The van der Waals surface area contributed by atoms with Crippen molar-refractivity contribution in [1.29, 1.82) is 0 Å². The van der Waals surface area contributed by atoms with Gasteiger partial charge in [0.1, 0.15) is 0 Å². The van der Waals surface area contributed by atoms with Gasteiger partial charge in [-0.1, -0.05) is 13.3 Å². The molecule has 0 amide bonds. The summed E-state index contributed by atoms with van der Waals surface area (Å²) in [5.41, 5.74) is 1.46. The van der Waals surface area contributed by atoms with Crippen LogP contribution in [0.5, 0.6) is 0 Å². The number of halogens is 1. The van der Waals surface area contributed by atoms with E-state index in [4.69, 9.17) is 0 Å².